The molecule has 1 unspecified atom stereocenters. The number of carbonyl (C=O) groups is 1. The standard InChI is InChI=1S/C14H16N4O3S.H2O/c1-9(19)15-13-14(20)18(2)8-12(16-13)10-5-4-6-11(7-10)17-22(3)21;/h4-8,17H,1-3H3,(H,15,16,19);1H2. The fourth-order valence-electron chi connectivity index (χ4n) is 1.90. The third-order valence-electron chi connectivity index (χ3n) is 2.79. The average Bonchev–Trinajstić information content (AvgIpc) is 2.42. The summed E-state index contributed by atoms with van der Waals surface area (Å²) in [5.41, 5.74) is 1.55. The first-order valence-corrected chi connectivity index (χ1v) is 7.98. The summed E-state index contributed by atoms with van der Waals surface area (Å²) in [4.78, 5) is 27.3. The Balaban J connectivity index is 0.00000264. The highest BCUT2D eigenvalue weighted by atomic mass is 32.2. The minimum atomic E-state index is -1.18. The van der Waals surface area contributed by atoms with E-state index in [4.69, 9.17) is 0 Å². The van der Waals surface area contributed by atoms with Gasteiger partial charge >= 0.3 is 0 Å². The molecule has 1 amide bonds. The van der Waals surface area contributed by atoms with Crippen molar-refractivity contribution < 1.29 is 14.5 Å². The summed E-state index contributed by atoms with van der Waals surface area (Å²) in [7, 11) is 0.401. The summed E-state index contributed by atoms with van der Waals surface area (Å²) >= 11 is 0. The van der Waals surface area contributed by atoms with Crippen LogP contribution in [0.5, 0.6) is 0 Å². The van der Waals surface area contributed by atoms with Crippen LogP contribution in [0.3, 0.4) is 0 Å². The first-order chi connectivity index (χ1) is 10.4. The van der Waals surface area contributed by atoms with Crippen molar-refractivity contribution >= 4 is 28.4 Å². The second kappa shape index (κ2) is 7.65. The van der Waals surface area contributed by atoms with Crippen molar-refractivity contribution in [1.29, 1.82) is 0 Å². The molecule has 1 aromatic heterocycles. The second-order valence-electron chi connectivity index (χ2n) is 4.71. The van der Waals surface area contributed by atoms with E-state index in [9.17, 15) is 13.8 Å². The zero-order chi connectivity index (χ0) is 16.3. The summed E-state index contributed by atoms with van der Waals surface area (Å²) < 4.78 is 15.4. The van der Waals surface area contributed by atoms with Crippen molar-refractivity contribution in [3.63, 3.8) is 0 Å². The van der Waals surface area contributed by atoms with E-state index in [1.54, 1.807) is 31.4 Å². The molecule has 0 fully saturated rings. The summed E-state index contributed by atoms with van der Waals surface area (Å²) in [5, 5.41) is 2.42. The smallest absolute Gasteiger partial charge is 0.293 e. The molecule has 0 bridgehead atoms. The molecule has 1 aromatic carbocycles. The molecule has 0 radical (unpaired) electrons. The van der Waals surface area contributed by atoms with Crippen LogP contribution in [-0.4, -0.2) is 31.4 Å². The van der Waals surface area contributed by atoms with Gasteiger partial charge in [0.25, 0.3) is 5.56 Å². The van der Waals surface area contributed by atoms with Crippen molar-refractivity contribution in [2.75, 3.05) is 16.3 Å². The molecule has 1 heterocycles. The molecule has 124 valence electrons. The molecule has 2 aromatic rings. The molecule has 0 aliphatic carbocycles. The number of anilines is 2. The quantitative estimate of drug-likeness (QED) is 0.831. The number of hydrogen-bond acceptors (Lipinski definition) is 4. The second-order valence-corrected chi connectivity index (χ2v) is 5.82. The van der Waals surface area contributed by atoms with Crippen molar-refractivity contribution in [3.05, 3.63) is 40.8 Å². The highest BCUT2D eigenvalue weighted by Gasteiger charge is 2.10. The molecule has 0 saturated heterocycles. The first kappa shape index (κ1) is 18.5. The largest absolute Gasteiger partial charge is 0.412 e. The van der Waals surface area contributed by atoms with Crippen LogP contribution >= 0.6 is 0 Å². The fourth-order valence-corrected chi connectivity index (χ4v) is 2.36. The van der Waals surface area contributed by atoms with Gasteiger partial charge in [-0.25, -0.2) is 9.19 Å². The molecule has 9 heteroatoms. The van der Waals surface area contributed by atoms with E-state index in [0.29, 0.717) is 11.4 Å². The highest BCUT2D eigenvalue weighted by Crippen LogP contribution is 2.21. The van der Waals surface area contributed by atoms with Gasteiger partial charge in [0.1, 0.15) is 11.0 Å². The van der Waals surface area contributed by atoms with Gasteiger partial charge in [0.15, 0.2) is 5.82 Å². The van der Waals surface area contributed by atoms with Gasteiger partial charge in [-0.05, 0) is 12.1 Å². The Hall–Kier alpha value is -2.52. The molecule has 8 nitrogen and oxygen atoms in total. The lowest BCUT2D eigenvalue weighted by molar-refractivity contribution is -0.114. The lowest BCUT2D eigenvalue weighted by atomic mass is 10.1. The van der Waals surface area contributed by atoms with Crippen molar-refractivity contribution in [2.45, 2.75) is 6.92 Å². The van der Waals surface area contributed by atoms with Crippen molar-refractivity contribution in [2.24, 2.45) is 7.05 Å². The van der Waals surface area contributed by atoms with Crippen molar-refractivity contribution in [1.82, 2.24) is 9.55 Å². The van der Waals surface area contributed by atoms with E-state index in [-0.39, 0.29) is 22.8 Å². The van der Waals surface area contributed by atoms with Gasteiger partial charge in [-0.15, -0.1) is 0 Å². The lowest BCUT2D eigenvalue weighted by Crippen LogP contribution is -2.24. The predicted octanol–water partition coefficient (Wildman–Crippen LogP) is 0.286. The molecule has 23 heavy (non-hydrogen) atoms. The number of benzene rings is 1. The Bertz CT molecular complexity index is 804. The van der Waals surface area contributed by atoms with Crippen LogP contribution in [0.25, 0.3) is 11.3 Å². The van der Waals surface area contributed by atoms with Gasteiger partial charge in [-0.3, -0.25) is 9.59 Å². The SMILES string of the molecule is CC(=O)Nc1nc(-c2cccc(NS(C)=O)c2)cn(C)c1=O.O. The van der Waals surface area contributed by atoms with Crippen LogP contribution < -0.4 is 15.6 Å². The minimum absolute atomic E-state index is 0. The van der Waals surface area contributed by atoms with Crippen molar-refractivity contribution in [3.8, 4) is 11.3 Å². The topological polar surface area (TPSA) is 125 Å². The normalized spacial score (nSPS) is 11.3. The van der Waals surface area contributed by atoms with Gasteiger partial charge < -0.3 is 20.1 Å². The van der Waals surface area contributed by atoms with E-state index in [2.05, 4.69) is 15.0 Å². The van der Waals surface area contributed by atoms with Crippen LogP contribution in [0.2, 0.25) is 0 Å². The van der Waals surface area contributed by atoms with E-state index in [1.807, 2.05) is 6.07 Å². The van der Waals surface area contributed by atoms with Gasteiger partial charge in [0.2, 0.25) is 5.91 Å². The average molecular weight is 338 g/mol. The van der Waals surface area contributed by atoms with E-state index in [1.165, 1.54) is 17.7 Å². The molecule has 0 aliphatic rings. The predicted molar refractivity (Wildman–Crippen MR) is 90.5 cm³/mol. The molecule has 0 saturated carbocycles. The number of carbonyl (C=O) groups excluding carboxylic acids is 1. The Labute approximate surface area is 135 Å². The number of amides is 1. The third-order valence-corrected chi connectivity index (χ3v) is 3.31. The molecule has 2 rings (SSSR count). The highest BCUT2D eigenvalue weighted by molar-refractivity contribution is 7.85. The molecule has 0 aliphatic heterocycles. The zero-order valence-electron chi connectivity index (χ0n) is 12.9. The van der Waals surface area contributed by atoms with Gasteiger partial charge in [0.05, 0.1) is 5.69 Å². The summed E-state index contributed by atoms with van der Waals surface area (Å²) in [6, 6.07) is 7.15. The minimum Gasteiger partial charge on any atom is -0.412 e. The lowest BCUT2D eigenvalue weighted by Gasteiger charge is -2.09. The number of hydrogen-bond donors (Lipinski definition) is 2. The number of rotatable bonds is 4. The third kappa shape index (κ3) is 4.73. The van der Waals surface area contributed by atoms with Gasteiger partial charge in [0, 0.05) is 37.7 Å². The van der Waals surface area contributed by atoms with Crippen LogP contribution in [0.4, 0.5) is 11.5 Å². The van der Waals surface area contributed by atoms with Crippen LogP contribution in [0.15, 0.2) is 35.3 Å². The maximum absolute atomic E-state index is 11.9. The maximum Gasteiger partial charge on any atom is 0.293 e. The van der Waals surface area contributed by atoms with Crippen LogP contribution in [0, 0.1) is 0 Å². The summed E-state index contributed by atoms with van der Waals surface area (Å²) in [6.07, 6.45) is 3.11. The van der Waals surface area contributed by atoms with E-state index in [0.717, 1.165) is 5.56 Å². The molecule has 1 atom stereocenters. The van der Waals surface area contributed by atoms with E-state index < -0.39 is 11.0 Å². The van der Waals surface area contributed by atoms with E-state index >= 15 is 0 Å². The van der Waals surface area contributed by atoms with Gasteiger partial charge in [-0.1, -0.05) is 12.1 Å². The zero-order valence-corrected chi connectivity index (χ0v) is 13.7. The number of nitrogens with one attached hydrogen (secondary N) is 2. The number of nitrogens with zero attached hydrogens (tertiary/aromatic N) is 2. The maximum atomic E-state index is 11.9. The Morgan fingerprint density at radius 3 is 2.65 bits per heavy atom. The molecular formula is C14H18N4O4S. The van der Waals surface area contributed by atoms with Gasteiger partial charge in [-0.2, -0.15) is 0 Å². The number of aromatic nitrogens is 2. The van der Waals surface area contributed by atoms with Crippen LogP contribution in [-0.2, 0) is 22.8 Å². The Morgan fingerprint density at radius 1 is 1.35 bits per heavy atom. The molecular weight excluding hydrogens is 320 g/mol. The molecule has 0 spiro atoms. The fraction of sp³-hybridized carbons (Fsp3) is 0.214. The Kier molecular flexibility index (Phi) is 6.17. The number of aryl methyl sites for hydroxylation is 1. The summed E-state index contributed by atoms with van der Waals surface area (Å²) in [6.45, 7) is 1.31. The first-order valence-electron chi connectivity index (χ1n) is 6.42. The Morgan fingerprint density at radius 2 is 2.04 bits per heavy atom. The summed E-state index contributed by atoms with van der Waals surface area (Å²) in [5.74, 6) is -0.386. The van der Waals surface area contributed by atoms with Crippen LogP contribution in [0.1, 0.15) is 6.92 Å². The monoisotopic (exact) mass is 338 g/mol. The molecule has 4 N–H and O–H groups in total.